The van der Waals surface area contributed by atoms with Crippen LogP contribution in [0.15, 0.2) is 0 Å². The molecule has 1 aliphatic rings. The van der Waals surface area contributed by atoms with Crippen molar-refractivity contribution in [1.82, 2.24) is 10.2 Å². The van der Waals surface area contributed by atoms with Gasteiger partial charge in [-0.1, -0.05) is 34.6 Å². The maximum atomic E-state index is 12.3. The van der Waals surface area contributed by atoms with E-state index in [0.29, 0.717) is 23.3 Å². The fourth-order valence-electron chi connectivity index (χ4n) is 3.40. The fourth-order valence-corrected chi connectivity index (χ4v) is 3.40. The van der Waals surface area contributed by atoms with E-state index in [-0.39, 0.29) is 11.9 Å². The Morgan fingerprint density at radius 2 is 1.89 bits per heavy atom. The van der Waals surface area contributed by atoms with Crippen LogP contribution in [0.5, 0.6) is 0 Å². The maximum absolute atomic E-state index is 12.3. The van der Waals surface area contributed by atoms with Gasteiger partial charge >= 0.3 is 0 Å². The lowest BCUT2D eigenvalue weighted by molar-refractivity contribution is -0.131. The van der Waals surface area contributed by atoms with Crippen LogP contribution in [0, 0.1) is 17.3 Å². The third-order valence-corrected chi connectivity index (χ3v) is 4.20. The van der Waals surface area contributed by atoms with E-state index in [1.807, 2.05) is 14.1 Å². The van der Waals surface area contributed by atoms with Gasteiger partial charge in [0, 0.05) is 20.1 Å². The lowest BCUT2D eigenvalue weighted by Gasteiger charge is -2.28. The molecular weight excluding hydrogens is 236 g/mol. The van der Waals surface area contributed by atoms with E-state index in [9.17, 15) is 4.79 Å². The summed E-state index contributed by atoms with van der Waals surface area (Å²) in [7, 11) is 3.69. The third kappa shape index (κ3) is 4.79. The molecule has 0 aromatic heterocycles. The van der Waals surface area contributed by atoms with Gasteiger partial charge in [0.15, 0.2) is 0 Å². The molecule has 0 radical (unpaired) electrons. The summed E-state index contributed by atoms with van der Waals surface area (Å²) in [6.07, 6.45) is 3.33. The number of amides is 1. The average molecular weight is 268 g/mol. The predicted octanol–water partition coefficient (Wildman–Crippen LogP) is 2.90. The van der Waals surface area contributed by atoms with Crippen LogP contribution < -0.4 is 5.32 Å². The number of nitrogens with one attached hydrogen (secondary N) is 1. The molecule has 0 heterocycles. The fraction of sp³-hybridized carbons (Fsp3) is 0.938. The van der Waals surface area contributed by atoms with Crippen LogP contribution in [0.25, 0.3) is 0 Å². The molecule has 112 valence electrons. The van der Waals surface area contributed by atoms with Crippen LogP contribution in [0.2, 0.25) is 0 Å². The first-order valence-electron chi connectivity index (χ1n) is 7.59. The number of likely N-dealkylation sites (N-methyl/N-ethyl adjacent to an activating group) is 1. The Labute approximate surface area is 119 Å². The molecule has 0 aromatic carbocycles. The highest BCUT2D eigenvalue weighted by atomic mass is 16.2. The molecule has 1 amide bonds. The normalized spacial score (nSPS) is 27.6. The largest absolute Gasteiger partial charge is 0.347 e. The Bertz CT molecular complexity index is 310. The van der Waals surface area contributed by atoms with E-state index in [2.05, 4.69) is 39.9 Å². The molecule has 3 atom stereocenters. The Morgan fingerprint density at radius 1 is 1.32 bits per heavy atom. The second-order valence-corrected chi connectivity index (χ2v) is 7.74. The van der Waals surface area contributed by atoms with Gasteiger partial charge in [0.25, 0.3) is 0 Å². The van der Waals surface area contributed by atoms with Gasteiger partial charge in [-0.25, -0.2) is 0 Å². The molecule has 0 spiro atoms. The summed E-state index contributed by atoms with van der Waals surface area (Å²) in [6.45, 7) is 11.3. The van der Waals surface area contributed by atoms with Crippen LogP contribution >= 0.6 is 0 Å². The Kier molecular flexibility index (Phi) is 5.43. The van der Waals surface area contributed by atoms with Gasteiger partial charge in [0.05, 0.1) is 6.04 Å². The van der Waals surface area contributed by atoms with Crippen LogP contribution in [0.4, 0.5) is 0 Å². The van der Waals surface area contributed by atoms with Gasteiger partial charge in [0.1, 0.15) is 0 Å². The minimum absolute atomic E-state index is 0.0312. The van der Waals surface area contributed by atoms with E-state index in [1.165, 1.54) is 12.8 Å². The number of rotatable bonds is 5. The molecule has 0 aromatic rings. The molecule has 1 aliphatic carbocycles. The molecular formula is C16H32N2O. The first-order chi connectivity index (χ1) is 8.62. The summed E-state index contributed by atoms with van der Waals surface area (Å²) in [5, 5.41) is 3.64. The van der Waals surface area contributed by atoms with Crippen LogP contribution in [0.1, 0.15) is 53.9 Å². The Balaban J connectivity index is 2.70. The number of carbonyl (C=O) groups is 1. The highest BCUT2D eigenvalue weighted by Crippen LogP contribution is 2.41. The maximum Gasteiger partial charge on any atom is 0.239 e. The molecule has 3 heteroatoms. The molecule has 1 saturated carbocycles. The first-order valence-corrected chi connectivity index (χ1v) is 7.59. The standard InChI is InChI=1S/C16H32N2O/c1-11(2)8-13(15(19)18(6)7)17-14-10-16(4,5)9-12(14)3/h11-14,17H,8-10H2,1-7H3. The quantitative estimate of drug-likeness (QED) is 0.831. The zero-order valence-corrected chi connectivity index (χ0v) is 13.8. The molecule has 1 N–H and O–H groups in total. The van der Waals surface area contributed by atoms with Gasteiger partial charge in [-0.05, 0) is 36.5 Å². The third-order valence-electron chi connectivity index (χ3n) is 4.20. The molecule has 19 heavy (non-hydrogen) atoms. The molecule has 0 aliphatic heterocycles. The van der Waals surface area contributed by atoms with Crippen LogP contribution in [-0.4, -0.2) is 37.0 Å². The van der Waals surface area contributed by atoms with E-state index in [1.54, 1.807) is 4.90 Å². The van der Waals surface area contributed by atoms with Crippen molar-refractivity contribution in [3.05, 3.63) is 0 Å². The molecule has 3 unspecified atom stereocenters. The minimum atomic E-state index is -0.0312. The van der Waals surface area contributed by atoms with Crippen molar-refractivity contribution in [2.24, 2.45) is 17.3 Å². The van der Waals surface area contributed by atoms with Crippen LogP contribution in [0.3, 0.4) is 0 Å². The van der Waals surface area contributed by atoms with Crippen molar-refractivity contribution in [3.63, 3.8) is 0 Å². The predicted molar refractivity (Wildman–Crippen MR) is 81.0 cm³/mol. The highest BCUT2D eigenvalue weighted by Gasteiger charge is 2.38. The van der Waals surface area contributed by atoms with E-state index in [4.69, 9.17) is 0 Å². The van der Waals surface area contributed by atoms with Crippen molar-refractivity contribution >= 4 is 5.91 Å². The minimum Gasteiger partial charge on any atom is -0.347 e. The lowest BCUT2D eigenvalue weighted by atomic mass is 9.91. The summed E-state index contributed by atoms with van der Waals surface area (Å²) >= 11 is 0. The SMILES string of the molecule is CC(C)CC(NC1CC(C)(C)CC1C)C(=O)N(C)C. The van der Waals surface area contributed by atoms with Crippen molar-refractivity contribution < 1.29 is 4.79 Å². The molecule has 1 fully saturated rings. The summed E-state index contributed by atoms with van der Waals surface area (Å²) in [5.41, 5.74) is 0.403. The molecule has 0 bridgehead atoms. The molecule has 1 rings (SSSR count). The number of nitrogens with zero attached hydrogens (tertiary/aromatic N) is 1. The Morgan fingerprint density at radius 3 is 2.26 bits per heavy atom. The van der Waals surface area contributed by atoms with Crippen molar-refractivity contribution in [2.75, 3.05) is 14.1 Å². The second-order valence-electron chi connectivity index (χ2n) is 7.74. The van der Waals surface area contributed by atoms with Crippen LogP contribution in [-0.2, 0) is 4.79 Å². The van der Waals surface area contributed by atoms with E-state index >= 15 is 0 Å². The summed E-state index contributed by atoms with van der Waals surface area (Å²) < 4.78 is 0. The average Bonchev–Trinajstić information content (AvgIpc) is 2.49. The monoisotopic (exact) mass is 268 g/mol. The molecule has 3 nitrogen and oxygen atoms in total. The smallest absolute Gasteiger partial charge is 0.239 e. The van der Waals surface area contributed by atoms with Gasteiger partial charge in [-0.3, -0.25) is 4.79 Å². The van der Waals surface area contributed by atoms with Crippen molar-refractivity contribution in [1.29, 1.82) is 0 Å². The number of hydrogen-bond acceptors (Lipinski definition) is 2. The Hall–Kier alpha value is -0.570. The van der Waals surface area contributed by atoms with Crippen molar-refractivity contribution in [3.8, 4) is 0 Å². The first kappa shape index (κ1) is 16.5. The van der Waals surface area contributed by atoms with Gasteiger partial charge in [-0.15, -0.1) is 0 Å². The number of carbonyl (C=O) groups excluding carboxylic acids is 1. The second kappa shape index (κ2) is 6.25. The lowest BCUT2D eigenvalue weighted by Crippen LogP contribution is -2.49. The zero-order chi connectivity index (χ0) is 14.8. The summed E-state index contributed by atoms with van der Waals surface area (Å²) in [6, 6.07) is 0.444. The highest BCUT2D eigenvalue weighted by molar-refractivity contribution is 5.81. The zero-order valence-electron chi connectivity index (χ0n) is 13.8. The van der Waals surface area contributed by atoms with Gasteiger partial charge < -0.3 is 10.2 Å². The van der Waals surface area contributed by atoms with E-state index in [0.717, 1.165) is 6.42 Å². The van der Waals surface area contributed by atoms with Crippen molar-refractivity contribution in [2.45, 2.75) is 66.0 Å². The topological polar surface area (TPSA) is 32.3 Å². The number of hydrogen-bond donors (Lipinski definition) is 1. The summed E-state index contributed by atoms with van der Waals surface area (Å²) in [5.74, 6) is 1.40. The molecule has 0 saturated heterocycles. The summed E-state index contributed by atoms with van der Waals surface area (Å²) in [4.78, 5) is 14.0. The van der Waals surface area contributed by atoms with Gasteiger partial charge in [-0.2, -0.15) is 0 Å². The van der Waals surface area contributed by atoms with E-state index < -0.39 is 0 Å². The van der Waals surface area contributed by atoms with Gasteiger partial charge in [0.2, 0.25) is 5.91 Å².